The Morgan fingerprint density at radius 1 is 1.71 bits per heavy atom. The second-order valence-electron chi connectivity index (χ2n) is 3.61. The normalized spacial score (nSPS) is 24.0. The summed E-state index contributed by atoms with van der Waals surface area (Å²) >= 11 is 0. The number of hydrogen-bond acceptors (Lipinski definition) is 1. The van der Waals surface area contributed by atoms with E-state index in [0.717, 1.165) is 30.2 Å². The van der Waals surface area contributed by atoms with E-state index in [0.29, 0.717) is 5.92 Å². The van der Waals surface area contributed by atoms with Crippen molar-refractivity contribution in [2.45, 2.75) is 26.7 Å². The van der Waals surface area contributed by atoms with Crippen LogP contribution in [0.2, 0.25) is 0 Å². The number of hydrogen-bond donors (Lipinski definition) is 0. The molecule has 0 saturated heterocycles. The van der Waals surface area contributed by atoms with Crippen LogP contribution in [0.1, 0.15) is 26.7 Å². The van der Waals surface area contributed by atoms with E-state index in [2.05, 4.69) is 17.8 Å². The molecule has 0 heterocycles. The zero-order chi connectivity index (χ0) is 10.6. The summed E-state index contributed by atoms with van der Waals surface area (Å²) in [4.78, 5) is 13.9. The van der Waals surface area contributed by atoms with Gasteiger partial charge in [-0.1, -0.05) is 18.6 Å². The zero-order valence-electron chi connectivity index (χ0n) is 8.53. The molecule has 1 aliphatic rings. The van der Waals surface area contributed by atoms with Crippen molar-refractivity contribution in [3.63, 3.8) is 0 Å². The summed E-state index contributed by atoms with van der Waals surface area (Å²) in [6, 6.07) is 0. The van der Waals surface area contributed by atoms with Crippen molar-refractivity contribution in [1.82, 2.24) is 0 Å². The van der Waals surface area contributed by atoms with Gasteiger partial charge in [0, 0.05) is 0 Å². The van der Waals surface area contributed by atoms with Crippen molar-refractivity contribution in [2.24, 2.45) is 5.92 Å². The van der Waals surface area contributed by atoms with Crippen LogP contribution in [0.4, 0.5) is 0 Å². The fourth-order valence-corrected chi connectivity index (χ4v) is 1.72. The Morgan fingerprint density at radius 3 is 3.00 bits per heavy atom. The Labute approximate surface area is 83.7 Å². The van der Waals surface area contributed by atoms with Gasteiger partial charge in [-0.25, -0.2) is 0 Å². The minimum absolute atomic E-state index is 0.260. The third-order valence-electron chi connectivity index (χ3n) is 2.52. The van der Waals surface area contributed by atoms with Crippen molar-refractivity contribution in [2.75, 3.05) is 0 Å². The summed E-state index contributed by atoms with van der Waals surface area (Å²) in [6.45, 7) is 4.11. The third-order valence-corrected chi connectivity index (χ3v) is 2.52. The van der Waals surface area contributed by atoms with Gasteiger partial charge < -0.3 is 5.53 Å². The van der Waals surface area contributed by atoms with Gasteiger partial charge in [-0.3, -0.25) is 4.79 Å². The maximum atomic E-state index is 11.2. The van der Waals surface area contributed by atoms with Gasteiger partial charge in [-0.15, -0.1) is 0 Å². The molecule has 1 rings (SSSR count). The fraction of sp³-hybridized carbons (Fsp3) is 0.455. The maximum Gasteiger partial charge on any atom is 0.327 e. The van der Waals surface area contributed by atoms with Crippen LogP contribution in [-0.4, -0.2) is 16.8 Å². The maximum absolute atomic E-state index is 11.2. The molecule has 0 aromatic heterocycles. The number of carbonyl (C=O) groups is 1. The molecule has 1 aliphatic carbocycles. The first-order chi connectivity index (χ1) is 6.65. The number of allylic oxidation sites excluding steroid dienone is 4. The number of ketones is 1. The van der Waals surface area contributed by atoms with Crippen molar-refractivity contribution >= 4 is 12.0 Å². The van der Waals surface area contributed by atoms with Gasteiger partial charge in [0.25, 0.3) is 5.78 Å². The molecule has 0 spiro atoms. The van der Waals surface area contributed by atoms with Gasteiger partial charge in [-0.2, -0.15) is 4.79 Å². The molecule has 0 aliphatic heterocycles. The Morgan fingerprint density at radius 2 is 2.43 bits per heavy atom. The molecule has 0 saturated carbocycles. The lowest BCUT2D eigenvalue weighted by Gasteiger charge is -2.20. The van der Waals surface area contributed by atoms with E-state index in [1.54, 1.807) is 6.08 Å². The van der Waals surface area contributed by atoms with E-state index in [4.69, 9.17) is 5.53 Å². The first kappa shape index (κ1) is 10.6. The van der Waals surface area contributed by atoms with Crippen LogP contribution in [0.25, 0.3) is 5.53 Å². The van der Waals surface area contributed by atoms with Crippen LogP contribution in [-0.2, 0) is 4.79 Å². The highest BCUT2D eigenvalue weighted by Crippen LogP contribution is 2.28. The summed E-state index contributed by atoms with van der Waals surface area (Å²) in [7, 11) is 0. The van der Waals surface area contributed by atoms with Crippen molar-refractivity contribution in [1.29, 1.82) is 0 Å². The highest BCUT2D eigenvalue weighted by molar-refractivity contribution is 6.31. The Balaban J connectivity index is 2.93. The molecular weight excluding hydrogens is 176 g/mol. The molecule has 0 bridgehead atoms. The molecule has 0 N–H and O–H groups in total. The second-order valence-corrected chi connectivity index (χ2v) is 3.61. The Bertz CT molecular complexity index is 346. The SMILES string of the molecule is CC1=CCCC(C)C1=CC(=O)C=[N+]=[N-]. The van der Waals surface area contributed by atoms with E-state index in [1.807, 2.05) is 6.92 Å². The third kappa shape index (κ3) is 2.51. The van der Waals surface area contributed by atoms with Crippen LogP contribution in [0.3, 0.4) is 0 Å². The van der Waals surface area contributed by atoms with E-state index < -0.39 is 0 Å². The predicted octanol–water partition coefficient (Wildman–Crippen LogP) is 2.16. The van der Waals surface area contributed by atoms with Gasteiger partial charge in [0.1, 0.15) is 0 Å². The van der Waals surface area contributed by atoms with Gasteiger partial charge in [-0.05, 0) is 37.3 Å². The predicted molar refractivity (Wildman–Crippen MR) is 54.9 cm³/mol. The first-order valence-electron chi connectivity index (χ1n) is 4.75. The number of rotatable bonds is 2. The molecule has 0 radical (unpaired) electrons. The Kier molecular flexibility index (Phi) is 3.55. The standard InChI is InChI=1S/C11H14N2O/c1-8-4-3-5-9(2)11(8)6-10(14)7-13-12/h4,6-7,9H,3,5H2,1-2H3. The van der Waals surface area contributed by atoms with Gasteiger partial charge in [0.15, 0.2) is 0 Å². The largest absolute Gasteiger partial charge is 0.361 e. The van der Waals surface area contributed by atoms with Gasteiger partial charge in [0.2, 0.25) is 0 Å². The monoisotopic (exact) mass is 190 g/mol. The van der Waals surface area contributed by atoms with Gasteiger partial charge >= 0.3 is 6.21 Å². The van der Waals surface area contributed by atoms with E-state index >= 15 is 0 Å². The highest BCUT2D eigenvalue weighted by Gasteiger charge is 2.15. The lowest BCUT2D eigenvalue weighted by molar-refractivity contribution is -0.112. The molecule has 0 aromatic rings. The van der Waals surface area contributed by atoms with Crippen LogP contribution < -0.4 is 0 Å². The molecule has 14 heavy (non-hydrogen) atoms. The summed E-state index contributed by atoms with van der Waals surface area (Å²) in [5.41, 5.74) is 10.4. The zero-order valence-corrected chi connectivity index (χ0v) is 8.53. The molecule has 0 fully saturated rings. The van der Waals surface area contributed by atoms with E-state index in [9.17, 15) is 4.79 Å². The molecule has 0 amide bonds. The summed E-state index contributed by atoms with van der Waals surface area (Å²) < 4.78 is 0. The molecule has 3 heteroatoms. The van der Waals surface area contributed by atoms with Crippen molar-refractivity contribution in [3.05, 3.63) is 28.8 Å². The van der Waals surface area contributed by atoms with E-state index in [-0.39, 0.29) is 5.78 Å². The number of nitrogens with zero attached hydrogens (tertiary/aromatic N) is 2. The first-order valence-corrected chi connectivity index (χ1v) is 4.75. The second kappa shape index (κ2) is 4.68. The molecular formula is C11H14N2O. The molecule has 1 unspecified atom stereocenters. The smallest absolute Gasteiger partial charge is 0.327 e. The average molecular weight is 190 g/mol. The molecule has 3 nitrogen and oxygen atoms in total. The quantitative estimate of drug-likeness (QED) is 0.285. The van der Waals surface area contributed by atoms with Crippen molar-refractivity contribution in [3.8, 4) is 0 Å². The summed E-state index contributed by atoms with van der Waals surface area (Å²) in [5.74, 6) is 0.153. The van der Waals surface area contributed by atoms with Gasteiger partial charge in [0.05, 0.1) is 0 Å². The molecule has 1 atom stereocenters. The topological polar surface area (TPSA) is 53.5 Å². The van der Waals surface area contributed by atoms with Crippen LogP contribution in [0, 0.1) is 5.92 Å². The number of carbonyl (C=O) groups excluding carboxylic acids is 1. The van der Waals surface area contributed by atoms with Crippen LogP contribution in [0.5, 0.6) is 0 Å². The summed E-state index contributed by atoms with van der Waals surface area (Å²) in [5, 5.41) is 0. The van der Waals surface area contributed by atoms with E-state index in [1.165, 1.54) is 0 Å². The highest BCUT2D eigenvalue weighted by atomic mass is 16.1. The molecule has 74 valence electrons. The summed E-state index contributed by atoms with van der Waals surface area (Å²) in [6.07, 6.45) is 6.76. The van der Waals surface area contributed by atoms with Crippen molar-refractivity contribution < 1.29 is 9.58 Å². The average Bonchev–Trinajstić information content (AvgIpc) is 2.12. The minimum atomic E-state index is -0.260. The van der Waals surface area contributed by atoms with Crippen LogP contribution >= 0.6 is 0 Å². The van der Waals surface area contributed by atoms with Crippen LogP contribution in [0.15, 0.2) is 23.3 Å². The minimum Gasteiger partial charge on any atom is -0.361 e. The lowest BCUT2D eigenvalue weighted by atomic mass is 9.85. The fourth-order valence-electron chi connectivity index (χ4n) is 1.72. The lowest BCUT2D eigenvalue weighted by Crippen LogP contribution is -2.08. The molecule has 0 aromatic carbocycles. The Hall–Kier alpha value is -1.47.